The van der Waals surface area contributed by atoms with Crippen LogP contribution in [0.15, 0.2) is 46.9 Å². The van der Waals surface area contributed by atoms with Gasteiger partial charge in [0.05, 0.1) is 17.6 Å². The Bertz CT molecular complexity index is 653. The van der Waals surface area contributed by atoms with Gasteiger partial charge >= 0.3 is 0 Å². The highest BCUT2D eigenvalue weighted by Gasteiger charge is 2.07. The molecule has 0 aliphatic heterocycles. The van der Waals surface area contributed by atoms with Crippen molar-refractivity contribution >= 4 is 29.4 Å². The Hall–Kier alpha value is -2.67. The summed E-state index contributed by atoms with van der Waals surface area (Å²) in [7, 11) is 0. The fourth-order valence-electron chi connectivity index (χ4n) is 1.47. The molecule has 0 spiro atoms. The summed E-state index contributed by atoms with van der Waals surface area (Å²) in [5.41, 5.74) is 2.75. The average Bonchev–Trinajstić information content (AvgIpc) is 3.01. The summed E-state index contributed by atoms with van der Waals surface area (Å²) >= 11 is 1.30. The number of hydrazone groups is 1. The molecule has 3 N–H and O–H groups in total. The maximum atomic E-state index is 11.6. The molecule has 0 aliphatic carbocycles. The van der Waals surface area contributed by atoms with Crippen LogP contribution in [0.1, 0.15) is 15.2 Å². The largest absolute Gasteiger partial charge is 0.507 e. The Balaban J connectivity index is 1.78. The molecule has 0 saturated carbocycles. The number of aromatic hydroxyl groups is 1. The van der Waals surface area contributed by atoms with Crippen LogP contribution in [0.25, 0.3) is 0 Å². The SMILES string of the molecule is O=C(CNC(=O)c1cccs1)N/N=C/c1ccccc1O. The lowest BCUT2D eigenvalue weighted by Crippen LogP contribution is -2.34. The summed E-state index contributed by atoms with van der Waals surface area (Å²) in [5, 5.41) is 17.5. The molecule has 108 valence electrons. The minimum Gasteiger partial charge on any atom is -0.507 e. The third-order valence-electron chi connectivity index (χ3n) is 2.48. The van der Waals surface area contributed by atoms with Gasteiger partial charge in [-0.05, 0) is 23.6 Å². The van der Waals surface area contributed by atoms with E-state index in [0.717, 1.165) is 0 Å². The maximum absolute atomic E-state index is 11.6. The van der Waals surface area contributed by atoms with Gasteiger partial charge in [0.15, 0.2) is 0 Å². The third kappa shape index (κ3) is 4.43. The lowest BCUT2D eigenvalue weighted by atomic mass is 10.2. The second kappa shape index (κ2) is 7.20. The van der Waals surface area contributed by atoms with Crippen LogP contribution in [0.5, 0.6) is 5.75 Å². The van der Waals surface area contributed by atoms with E-state index in [1.165, 1.54) is 23.6 Å². The van der Waals surface area contributed by atoms with E-state index in [4.69, 9.17) is 0 Å². The predicted molar refractivity (Wildman–Crippen MR) is 80.5 cm³/mol. The molecule has 0 atom stereocenters. The van der Waals surface area contributed by atoms with Crippen molar-refractivity contribution in [3.05, 3.63) is 52.2 Å². The normalized spacial score (nSPS) is 10.5. The Labute approximate surface area is 125 Å². The molecular formula is C14H13N3O3S. The molecule has 0 unspecified atom stereocenters. The Kier molecular flexibility index (Phi) is 5.05. The third-order valence-corrected chi connectivity index (χ3v) is 3.35. The number of nitrogens with zero attached hydrogens (tertiary/aromatic N) is 1. The first-order valence-electron chi connectivity index (χ1n) is 6.08. The number of nitrogens with one attached hydrogen (secondary N) is 2. The van der Waals surface area contributed by atoms with Gasteiger partial charge in [-0.3, -0.25) is 9.59 Å². The number of benzene rings is 1. The first kappa shape index (κ1) is 14.7. The molecule has 1 aromatic heterocycles. The molecule has 2 aromatic rings. The quantitative estimate of drug-likeness (QED) is 0.575. The highest BCUT2D eigenvalue weighted by Crippen LogP contribution is 2.12. The molecule has 1 heterocycles. The predicted octanol–water partition coefficient (Wildman–Crippen LogP) is 1.33. The van der Waals surface area contributed by atoms with Gasteiger partial charge in [0.25, 0.3) is 11.8 Å². The van der Waals surface area contributed by atoms with Crippen molar-refractivity contribution in [1.82, 2.24) is 10.7 Å². The number of hydrogen-bond donors (Lipinski definition) is 3. The Morgan fingerprint density at radius 2 is 2.05 bits per heavy atom. The van der Waals surface area contributed by atoms with Crippen molar-refractivity contribution in [3.8, 4) is 5.75 Å². The number of phenolic OH excluding ortho intramolecular Hbond substituents is 1. The first-order valence-corrected chi connectivity index (χ1v) is 6.96. The Morgan fingerprint density at radius 1 is 1.24 bits per heavy atom. The Morgan fingerprint density at radius 3 is 2.76 bits per heavy atom. The van der Waals surface area contributed by atoms with Crippen LogP contribution >= 0.6 is 11.3 Å². The highest BCUT2D eigenvalue weighted by molar-refractivity contribution is 7.12. The fourth-order valence-corrected chi connectivity index (χ4v) is 2.11. The van der Waals surface area contributed by atoms with E-state index in [1.54, 1.807) is 35.7 Å². The van der Waals surface area contributed by atoms with Crippen LogP contribution in [-0.4, -0.2) is 29.7 Å². The molecule has 0 bridgehead atoms. The van der Waals surface area contributed by atoms with E-state index in [0.29, 0.717) is 10.4 Å². The molecule has 1 aromatic carbocycles. The standard InChI is InChI=1S/C14H13N3O3S/c18-11-5-2-1-4-10(11)8-16-17-13(19)9-15-14(20)12-6-3-7-21-12/h1-8,18H,9H2,(H,15,20)(H,17,19)/b16-8+. The summed E-state index contributed by atoms with van der Waals surface area (Å²) < 4.78 is 0. The molecule has 0 aliphatic rings. The highest BCUT2D eigenvalue weighted by atomic mass is 32.1. The summed E-state index contributed by atoms with van der Waals surface area (Å²) in [6.07, 6.45) is 1.33. The van der Waals surface area contributed by atoms with Crippen LogP contribution in [0.4, 0.5) is 0 Å². The summed E-state index contributed by atoms with van der Waals surface area (Å²) in [6, 6.07) is 10.0. The number of hydrogen-bond acceptors (Lipinski definition) is 5. The van der Waals surface area contributed by atoms with Gasteiger partial charge in [0.2, 0.25) is 0 Å². The first-order chi connectivity index (χ1) is 10.2. The summed E-state index contributed by atoms with van der Waals surface area (Å²) in [5.74, 6) is -0.682. The number of thiophene rings is 1. The van der Waals surface area contributed by atoms with E-state index < -0.39 is 5.91 Å². The molecule has 21 heavy (non-hydrogen) atoms. The van der Waals surface area contributed by atoms with Gasteiger partial charge in [-0.2, -0.15) is 5.10 Å². The van der Waals surface area contributed by atoms with Crippen LogP contribution in [0.3, 0.4) is 0 Å². The minimum atomic E-state index is -0.452. The molecule has 0 fully saturated rings. The van der Waals surface area contributed by atoms with Gasteiger partial charge < -0.3 is 10.4 Å². The van der Waals surface area contributed by atoms with Gasteiger partial charge in [-0.1, -0.05) is 18.2 Å². The number of rotatable bonds is 5. The van der Waals surface area contributed by atoms with Crippen molar-refractivity contribution in [3.63, 3.8) is 0 Å². The molecule has 0 saturated heterocycles. The number of carbonyl (C=O) groups is 2. The summed E-state index contributed by atoms with van der Waals surface area (Å²) in [4.78, 5) is 23.6. The van der Waals surface area contributed by atoms with Crippen LogP contribution in [0, 0.1) is 0 Å². The van der Waals surface area contributed by atoms with Crippen LogP contribution in [0.2, 0.25) is 0 Å². The van der Waals surface area contributed by atoms with Gasteiger partial charge in [-0.15, -0.1) is 11.3 Å². The number of amides is 2. The van der Waals surface area contributed by atoms with Crippen molar-refractivity contribution in [2.24, 2.45) is 5.10 Å². The number of carbonyl (C=O) groups excluding carboxylic acids is 2. The monoisotopic (exact) mass is 303 g/mol. The van der Waals surface area contributed by atoms with Gasteiger partial charge in [0, 0.05) is 5.56 Å². The van der Waals surface area contributed by atoms with Crippen molar-refractivity contribution in [1.29, 1.82) is 0 Å². The molecule has 2 amide bonds. The van der Waals surface area contributed by atoms with E-state index >= 15 is 0 Å². The fraction of sp³-hybridized carbons (Fsp3) is 0.0714. The van der Waals surface area contributed by atoms with Gasteiger partial charge in [0.1, 0.15) is 5.75 Å². The number of para-hydroxylation sites is 1. The van der Waals surface area contributed by atoms with Gasteiger partial charge in [-0.25, -0.2) is 5.43 Å². The topological polar surface area (TPSA) is 90.8 Å². The lowest BCUT2D eigenvalue weighted by Gasteiger charge is -2.02. The molecule has 2 rings (SSSR count). The molecule has 6 nitrogen and oxygen atoms in total. The van der Waals surface area contributed by atoms with Crippen molar-refractivity contribution < 1.29 is 14.7 Å². The molecular weight excluding hydrogens is 290 g/mol. The van der Waals surface area contributed by atoms with E-state index in [1.807, 2.05) is 0 Å². The second-order valence-corrected chi connectivity index (χ2v) is 4.96. The number of phenols is 1. The average molecular weight is 303 g/mol. The van der Waals surface area contributed by atoms with Crippen molar-refractivity contribution in [2.75, 3.05) is 6.54 Å². The molecule has 0 radical (unpaired) electrons. The maximum Gasteiger partial charge on any atom is 0.261 e. The van der Waals surface area contributed by atoms with Crippen LogP contribution in [-0.2, 0) is 4.79 Å². The zero-order valence-corrected chi connectivity index (χ0v) is 11.8. The van der Waals surface area contributed by atoms with E-state index in [-0.39, 0.29) is 18.2 Å². The van der Waals surface area contributed by atoms with Crippen molar-refractivity contribution in [2.45, 2.75) is 0 Å². The lowest BCUT2D eigenvalue weighted by molar-refractivity contribution is -0.120. The smallest absolute Gasteiger partial charge is 0.261 e. The zero-order valence-electron chi connectivity index (χ0n) is 10.9. The second-order valence-electron chi connectivity index (χ2n) is 4.01. The van der Waals surface area contributed by atoms with E-state index in [9.17, 15) is 14.7 Å². The zero-order chi connectivity index (χ0) is 15.1. The van der Waals surface area contributed by atoms with E-state index in [2.05, 4.69) is 15.8 Å². The molecule has 7 heteroatoms. The van der Waals surface area contributed by atoms with Crippen LogP contribution < -0.4 is 10.7 Å². The minimum absolute atomic E-state index is 0.0708. The summed E-state index contributed by atoms with van der Waals surface area (Å²) in [6.45, 7) is -0.172.